The normalized spacial score (nSPS) is 28.0. The van der Waals surface area contributed by atoms with Gasteiger partial charge < -0.3 is 23.7 Å². The molecule has 0 aromatic rings. The van der Waals surface area contributed by atoms with Gasteiger partial charge in [0.25, 0.3) is 0 Å². The smallest absolute Gasteiger partial charge is 0.228 e. The van der Waals surface area contributed by atoms with Crippen molar-refractivity contribution in [2.45, 2.75) is 38.1 Å². The maximum absolute atomic E-state index is 12.6. The lowest BCUT2D eigenvalue weighted by atomic mass is 9.89. The van der Waals surface area contributed by atoms with Gasteiger partial charge in [-0.15, -0.1) is 0 Å². The molecule has 0 saturated carbocycles. The molecule has 2 rings (SSSR count). The molecule has 0 spiro atoms. The third-order valence-electron chi connectivity index (χ3n) is 4.56. The van der Waals surface area contributed by atoms with Crippen molar-refractivity contribution in [3.63, 3.8) is 0 Å². The summed E-state index contributed by atoms with van der Waals surface area (Å²) in [5.41, 5.74) is 0.810. The van der Waals surface area contributed by atoms with E-state index in [0.29, 0.717) is 30.6 Å². The van der Waals surface area contributed by atoms with Gasteiger partial charge in [-0.1, -0.05) is 0 Å². The highest BCUT2D eigenvalue weighted by molar-refractivity contribution is 6.23. The van der Waals surface area contributed by atoms with Crippen LogP contribution in [-0.2, 0) is 33.3 Å². The molecule has 1 fully saturated rings. The lowest BCUT2D eigenvalue weighted by Gasteiger charge is -2.23. The van der Waals surface area contributed by atoms with E-state index in [4.69, 9.17) is 23.7 Å². The van der Waals surface area contributed by atoms with E-state index in [1.165, 1.54) is 14.2 Å². The first-order valence-corrected chi connectivity index (χ1v) is 7.78. The Morgan fingerprint density at radius 2 is 1.62 bits per heavy atom. The summed E-state index contributed by atoms with van der Waals surface area (Å²) in [5, 5.41) is 0. The molecular weight excluding hydrogens is 316 g/mol. The van der Waals surface area contributed by atoms with Crippen LogP contribution in [0.2, 0.25) is 0 Å². The Morgan fingerprint density at radius 3 is 2.17 bits per heavy atom. The van der Waals surface area contributed by atoms with Crippen molar-refractivity contribution < 1.29 is 33.3 Å². The maximum atomic E-state index is 12.6. The molecular formula is C17H24O7. The van der Waals surface area contributed by atoms with Gasteiger partial charge in [-0.05, 0) is 19.8 Å². The third-order valence-corrected chi connectivity index (χ3v) is 4.56. The molecule has 1 aliphatic heterocycles. The first-order chi connectivity index (χ1) is 11.5. The molecule has 0 aromatic heterocycles. The first-order valence-electron chi connectivity index (χ1n) is 7.78. The molecule has 0 N–H and O–H groups in total. The predicted octanol–water partition coefficient (Wildman–Crippen LogP) is 1.17. The lowest BCUT2D eigenvalue weighted by Crippen LogP contribution is -2.34. The molecule has 24 heavy (non-hydrogen) atoms. The summed E-state index contributed by atoms with van der Waals surface area (Å²) in [6, 6.07) is 0. The molecule has 1 aliphatic carbocycles. The second-order valence-corrected chi connectivity index (χ2v) is 5.71. The highest BCUT2D eigenvalue weighted by Gasteiger charge is 2.39. The van der Waals surface area contributed by atoms with E-state index in [1.807, 2.05) is 0 Å². The van der Waals surface area contributed by atoms with Gasteiger partial charge in [0.15, 0.2) is 0 Å². The summed E-state index contributed by atoms with van der Waals surface area (Å²) in [4.78, 5) is 24.9. The van der Waals surface area contributed by atoms with E-state index < -0.39 is 0 Å². The highest BCUT2D eigenvalue weighted by atomic mass is 16.6. The molecule has 0 aromatic carbocycles. The minimum absolute atomic E-state index is 0.0462. The molecule has 1 heterocycles. The van der Waals surface area contributed by atoms with Crippen molar-refractivity contribution >= 4 is 11.6 Å². The first kappa shape index (κ1) is 18.6. The maximum Gasteiger partial charge on any atom is 0.228 e. The Labute approximate surface area is 141 Å². The third kappa shape index (κ3) is 3.24. The zero-order valence-corrected chi connectivity index (χ0v) is 14.7. The summed E-state index contributed by atoms with van der Waals surface area (Å²) in [6.07, 6.45) is 0.414. The van der Waals surface area contributed by atoms with Crippen LogP contribution >= 0.6 is 0 Å². The number of hydrogen-bond acceptors (Lipinski definition) is 7. The van der Waals surface area contributed by atoms with Gasteiger partial charge in [0, 0.05) is 25.4 Å². The second kappa shape index (κ2) is 7.92. The number of Topliss-reactive ketones (excluding diaryl/α,β-unsaturated/α-hetero) is 2. The van der Waals surface area contributed by atoms with Crippen LogP contribution in [0.3, 0.4) is 0 Å². The molecule has 1 saturated heterocycles. The summed E-state index contributed by atoms with van der Waals surface area (Å²) in [6.45, 7) is 2.07. The quantitative estimate of drug-likeness (QED) is 0.644. The van der Waals surface area contributed by atoms with E-state index in [1.54, 1.807) is 21.1 Å². The largest absolute Gasteiger partial charge is 0.489 e. The summed E-state index contributed by atoms with van der Waals surface area (Å²) < 4.78 is 26.6. The Morgan fingerprint density at radius 1 is 1.00 bits per heavy atom. The van der Waals surface area contributed by atoms with Crippen LogP contribution in [0.4, 0.5) is 0 Å². The number of hydrogen-bond donors (Lipinski definition) is 0. The van der Waals surface area contributed by atoms with Gasteiger partial charge in [-0.2, -0.15) is 0 Å². The van der Waals surface area contributed by atoms with E-state index >= 15 is 0 Å². The van der Waals surface area contributed by atoms with Crippen LogP contribution in [0.1, 0.15) is 19.8 Å². The van der Waals surface area contributed by atoms with Crippen LogP contribution in [0.15, 0.2) is 22.7 Å². The van der Waals surface area contributed by atoms with E-state index in [9.17, 15) is 9.59 Å². The number of allylic oxidation sites excluding steroid dienone is 2. The fraction of sp³-hybridized carbons (Fsp3) is 0.647. The average Bonchev–Trinajstić information content (AvgIpc) is 2.99. The van der Waals surface area contributed by atoms with Gasteiger partial charge in [0.2, 0.25) is 23.1 Å². The monoisotopic (exact) mass is 340 g/mol. The van der Waals surface area contributed by atoms with Crippen LogP contribution in [0.5, 0.6) is 0 Å². The number of rotatable bonds is 7. The molecule has 134 valence electrons. The SMILES string of the molecule is COC1=C(OC)C(=O)C(CC[C@H]2OC[C@@H](OC)[C@H]2OC)=C(C)C1=O. The van der Waals surface area contributed by atoms with Crippen LogP contribution < -0.4 is 0 Å². The standard InChI is InChI=1S/C17H24O7/c1-9-10(14(19)17(23-5)16(22-4)13(9)18)6-7-11-15(21-3)12(20-2)8-24-11/h11-12,15H,6-8H2,1-5H3/t11-,12-,15+/m1/s1. The summed E-state index contributed by atoms with van der Waals surface area (Å²) in [5.74, 6) is -0.736. The lowest BCUT2D eigenvalue weighted by molar-refractivity contribution is -0.121. The fourth-order valence-corrected chi connectivity index (χ4v) is 3.18. The molecule has 3 atom stereocenters. The van der Waals surface area contributed by atoms with Crippen LogP contribution in [0, 0.1) is 0 Å². The molecule has 7 nitrogen and oxygen atoms in total. The number of methoxy groups -OCH3 is 4. The van der Waals surface area contributed by atoms with Crippen molar-refractivity contribution in [1.29, 1.82) is 0 Å². The van der Waals surface area contributed by atoms with Crippen molar-refractivity contribution in [2.24, 2.45) is 0 Å². The predicted molar refractivity (Wildman–Crippen MR) is 84.3 cm³/mol. The van der Waals surface area contributed by atoms with Crippen molar-refractivity contribution in [3.05, 3.63) is 22.7 Å². The molecule has 0 unspecified atom stereocenters. The topological polar surface area (TPSA) is 80.3 Å². The van der Waals surface area contributed by atoms with Crippen molar-refractivity contribution in [1.82, 2.24) is 0 Å². The Bertz CT molecular complexity index is 575. The zero-order chi connectivity index (χ0) is 17.9. The molecule has 0 radical (unpaired) electrons. The Hall–Kier alpha value is -1.70. The minimum Gasteiger partial charge on any atom is -0.489 e. The summed E-state index contributed by atoms with van der Waals surface area (Å²) >= 11 is 0. The fourth-order valence-electron chi connectivity index (χ4n) is 3.18. The van der Waals surface area contributed by atoms with Gasteiger partial charge in [-0.3, -0.25) is 9.59 Å². The van der Waals surface area contributed by atoms with E-state index in [-0.39, 0.29) is 41.4 Å². The van der Waals surface area contributed by atoms with Gasteiger partial charge >= 0.3 is 0 Å². The van der Waals surface area contributed by atoms with Crippen molar-refractivity contribution in [3.8, 4) is 0 Å². The number of carbonyl (C=O) groups excluding carboxylic acids is 2. The minimum atomic E-state index is -0.325. The van der Waals surface area contributed by atoms with E-state index in [2.05, 4.69) is 0 Å². The summed E-state index contributed by atoms with van der Waals surface area (Å²) in [7, 11) is 5.91. The Balaban J connectivity index is 2.14. The van der Waals surface area contributed by atoms with Crippen LogP contribution in [-0.4, -0.2) is 64.9 Å². The van der Waals surface area contributed by atoms with Gasteiger partial charge in [-0.25, -0.2) is 0 Å². The van der Waals surface area contributed by atoms with E-state index in [0.717, 1.165) is 0 Å². The van der Waals surface area contributed by atoms with Gasteiger partial charge in [0.05, 0.1) is 26.9 Å². The second-order valence-electron chi connectivity index (χ2n) is 5.71. The highest BCUT2D eigenvalue weighted by Crippen LogP contribution is 2.31. The molecule has 0 bridgehead atoms. The number of ketones is 2. The number of carbonyl (C=O) groups is 2. The molecule has 7 heteroatoms. The number of ether oxygens (including phenoxy) is 5. The average molecular weight is 340 g/mol. The molecule has 2 aliphatic rings. The van der Waals surface area contributed by atoms with Gasteiger partial charge in [0.1, 0.15) is 12.2 Å². The zero-order valence-electron chi connectivity index (χ0n) is 14.7. The Kier molecular flexibility index (Phi) is 6.15. The molecule has 0 amide bonds. The van der Waals surface area contributed by atoms with Crippen molar-refractivity contribution in [2.75, 3.05) is 35.0 Å². The van der Waals surface area contributed by atoms with Crippen LogP contribution in [0.25, 0.3) is 0 Å².